The van der Waals surface area contributed by atoms with Crippen LogP contribution >= 0.6 is 11.6 Å². The topological polar surface area (TPSA) is 96.3 Å². The highest BCUT2D eigenvalue weighted by Gasteiger charge is 2.33. The lowest BCUT2D eigenvalue weighted by Crippen LogP contribution is -2.38. The molecule has 0 radical (unpaired) electrons. The molecule has 0 fully saturated rings. The third-order valence-electron chi connectivity index (χ3n) is 4.74. The highest BCUT2D eigenvalue weighted by molar-refractivity contribution is 6.34. The number of pyridine rings is 2. The summed E-state index contributed by atoms with van der Waals surface area (Å²) in [6.07, 6.45) is -0.784. The summed E-state index contributed by atoms with van der Waals surface area (Å²) in [5, 5.41) is 5.29. The Morgan fingerprint density at radius 2 is 1.85 bits per heavy atom. The molecule has 2 amide bonds. The van der Waals surface area contributed by atoms with Gasteiger partial charge in [0.25, 0.3) is 11.8 Å². The van der Waals surface area contributed by atoms with Crippen molar-refractivity contribution in [2.24, 2.45) is 4.99 Å². The molecule has 2 heterocycles. The second kappa shape index (κ2) is 10.6. The third-order valence-corrected chi connectivity index (χ3v) is 5.22. The van der Waals surface area contributed by atoms with Crippen LogP contribution in [0.5, 0.6) is 0 Å². The summed E-state index contributed by atoms with van der Waals surface area (Å²) in [6.45, 7) is 7.83. The number of aromatic nitrogens is 2. The number of nitrogens with zero attached hydrogens (tertiary/aromatic N) is 3. The van der Waals surface area contributed by atoms with Gasteiger partial charge in [0.1, 0.15) is 11.5 Å². The Balaban J connectivity index is 2.07. The second-order valence-corrected chi connectivity index (χ2v) is 7.78. The van der Waals surface area contributed by atoms with Crippen molar-refractivity contribution >= 4 is 34.9 Å². The van der Waals surface area contributed by atoms with Crippen molar-refractivity contribution < 1.29 is 22.8 Å². The Morgan fingerprint density at radius 1 is 1.18 bits per heavy atom. The van der Waals surface area contributed by atoms with Crippen LogP contribution in [0, 0.1) is 13.8 Å². The van der Waals surface area contributed by atoms with Gasteiger partial charge in [-0.1, -0.05) is 11.6 Å². The molecule has 0 saturated heterocycles. The second-order valence-electron chi connectivity index (χ2n) is 7.40. The number of anilines is 1. The Labute approximate surface area is 194 Å². The highest BCUT2D eigenvalue weighted by atomic mass is 35.5. The molecular weight excluding hydrogens is 459 g/mol. The number of carbonyl (C=O) groups excluding carboxylic acids is 2. The number of alkyl halides is 3. The average molecular weight is 482 g/mol. The number of amides is 2. The van der Waals surface area contributed by atoms with Gasteiger partial charge >= 0.3 is 6.18 Å². The van der Waals surface area contributed by atoms with E-state index in [1.165, 1.54) is 26.2 Å². The molecule has 2 aromatic rings. The number of rotatable bonds is 6. The van der Waals surface area contributed by atoms with Crippen molar-refractivity contribution in [3.63, 3.8) is 0 Å². The number of carbonyl (C=O) groups is 2. The van der Waals surface area contributed by atoms with Crippen LogP contribution in [-0.4, -0.2) is 33.5 Å². The Bertz CT molecular complexity index is 1130. The number of hydrogen-bond donors (Lipinski definition) is 2. The zero-order chi connectivity index (χ0) is 24.9. The molecule has 2 rings (SSSR count). The van der Waals surface area contributed by atoms with Crippen molar-refractivity contribution in [3.8, 4) is 0 Å². The summed E-state index contributed by atoms with van der Waals surface area (Å²) in [7, 11) is 0. The van der Waals surface area contributed by atoms with E-state index in [1.54, 1.807) is 26.8 Å². The van der Waals surface area contributed by atoms with E-state index in [4.69, 9.17) is 11.6 Å². The van der Waals surface area contributed by atoms with Gasteiger partial charge in [0.2, 0.25) is 0 Å². The van der Waals surface area contributed by atoms with E-state index in [2.05, 4.69) is 25.6 Å². The van der Waals surface area contributed by atoms with Gasteiger partial charge < -0.3 is 10.6 Å². The summed E-state index contributed by atoms with van der Waals surface area (Å²) in [5.41, 5.74) is 0.484. The maximum absolute atomic E-state index is 13.0. The third kappa shape index (κ3) is 6.85. The Morgan fingerprint density at radius 3 is 2.48 bits per heavy atom. The fourth-order valence-electron chi connectivity index (χ4n) is 2.55. The van der Waals surface area contributed by atoms with Crippen molar-refractivity contribution in [3.05, 3.63) is 63.7 Å². The van der Waals surface area contributed by atoms with Crippen molar-refractivity contribution in [1.82, 2.24) is 15.3 Å². The fourth-order valence-corrected chi connectivity index (χ4v) is 2.75. The minimum atomic E-state index is -4.56. The number of hydrogen-bond acceptors (Lipinski definition) is 5. The zero-order valence-corrected chi connectivity index (χ0v) is 19.4. The molecule has 176 valence electrons. The summed E-state index contributed by atoms with van der Waals surface area (Å²) in [4.78, 5) is 36.7. The van der Waals surface area contributed by atoms with Gasteiger partial charge in [-0.3, -0.25) is 14.6 Å². The molecular formula is C22H23ClF3N5O2. The lowest BCUT2D eigenvalue weighted by Gasteiger charge is -2.14. The normalized spacial score (nSPS) is 13.5. The van der Waals surface area contributed by atoms with Crippen LogP contribution in [0.3, 0.4) is 0 Å². The molecule has 0 aliphatic heterocycles. The predicted octanol–water partition coefficient (Wildman–Crippen LogP) is 4.89. The molecule has 2 N–H and O–H groups in total. The largest absolute Gasteiger partial charge is 0.416 e. The minimum Gasteiger partial charge on any atom is -0.343 e. The number of halogens is 4. The van der Waals surface area contributed by atoms with Crippen molar-refractivity contribution in [1.29, 1.82) is 0 Å². The molecule has 1 unspecified atom stereocenters. The van der Waals surface area contributed by atoms with Gasteiger partial charge in [0.05, 0.1) is 16.6 Å². The first-order chi connectivity index (χ1) is 15.3. The van der Waals surface area contributed by atoms with Gasteiger partial charge in [0.15, 0.2) is 0 Å². The van der Waals surface area contributed by atoms with Gasteiger partial charge in [-0.15, -0.1) is 0 Å². The van der Waals surface area contributed by atoms with E-state index in [9.17, 15) is 22.8 Å². The van der Waals surface area contributed by atoms with Gasteiger partial charge in [-0.05, 0) is 57.9 Å². The molecule has 11 heteroatoms. The summed E-state index contributed by atoms with van der Waals surface area (Å²) in [6, 6.07) is 1.96. The number of nitrogens with one attached hydrogen (secondary N) is 2. The standard InChI is InChI=1S/C22H23ClF3N5O2/c1-11-6-7-27-19(18(11)23)21(33)30-15(5)14(4)28-10-13(3)20(32)31-17-8-16(22(24,25)26)12(2)9-29-17/h6-10,15H,1-5H3,(H,30,33)(H,29,31,32)/b13-10+,28-14?. The molecule has 0 aliphatic rings. The molecule has 0 saturated carbocycles. The summed E-state index contributed by atoms with van der Waals surface area (Å²) >= 11 is 6.12. The van der Waals surface area contributed by atoms with Crippen molar-refractivity contribution in [2.45, 2.75) is 46.8 Å². The van der Waals surface area contributed by atoms with Gasteiger partial charge in [-0.2, -0.15) is 13.2 Å². The monoisotopic (exact) mass is 481 g/mol. The molecule has 33 heavy (non-hydrogen) atoms. The molecule has 7 nitrogen and oxygen atoms in total. The lowest BCUT2D eigenvalue weighted by atomic mass is 10.1. The maximum Gasteiger partial charge on any atom is 0.416 e. The molecule has 0 aliphatic carbocycles. The minimum absolute atomic E-state index is 0.0498. The van der Waals surface area contributed by atoms with E-state index in [0.29, 0.717) is 11.3 Å². The summed E-state index contributed by atoms with van der Waals surface area (Å²) < 4.78 is 39.1. The number of aliphatic imine (C=N–C) groups is 1. The van der Waals surface area contributed by atoms with E-state index < -0.39 is 29.6 Å². The fraction of sp³-hybridized carbons (Fsp3) is 0.318. The molecule has 1 atom stereocenters. The summed E-state index contributed by atoms with van der Waals surface area (Å²) in [5.74, 6) is -1.37. The highest BCUT2D eigenvalue weighted by Crippen LogP contribution is 2.32. The maximum atomic E-state index is 13.0. The predicted molar refractivity (Wildman–Crippen MR) is 120 cm³/mol. The lowest BCUT2D eigenvalue weighted by molar-refractivity contribution is -0.138. The first-order valence-electron chi connectivity index (χ1n) is 9.79. The van der Waals surface area contributed by atoms with Crippen LogP contribution < -0.4 is 10.6 Å². The van der Waals surface area contributed by atoms with Crippen LogP contribution in [0.25, 0.3) is 0 Å². The van der Waals surface area contributed by atoms with E-state index >= 15 is 0 Å². The van der Waals surface area contributed by atoms with Crippen LogP contribution in [0.1, 0.15) is 48.0 Å². The van der Waals surface area contributed by atoms with Crippen LogP contribution in [0.2, 0.25) is 5.02 Å². The first-order valence-corrected chi connectivity index (χ1v) is 10.2. The first kappa shape index (κ1) is 26.0. The van der Waals surface area contributed by atoms with Gasteiger partial charge in [-0.25, -0.2) is 9.97 Å². The van der Waals surface area contributed by atoms with E-state index in [-0.39, 0.29) is 27.7 Å². The molecule has 2 aromatic heterocycles. The van der Waals surface area contributed by atoms with Gasteiger partial charge in [0, 0.05) is 29.9 Å². The Hall–Kier alpha value is -3.27. The zero-order valence-electron chi connectivity index (χ0n) is 18.6. The van der Waals surface area contributed by atoms with E-state index in [0.717, 1.165) is 12.3 Å². The van der Waals surface area contributed by atoms with Crippen molar-refractivity contribution in [2.75, 3.05) is 5.32 Å². The van der Waals surface area contributed by atoms with E-state index in [1.807, 2.05) is 0 Å². The quantitative estimate of drug-likeness (QED) is 0.453. The SMILES string of the molecule is CC(=N/C=C(\C)C(=O)Nc1cc(C(F)(F)F)c(C)cn1)C(C)NC(=O)c1nccc(C)c1Cl. The molecule has 0 spiro atoms. The van der Waals surface area contributed by atoms with Crippen LogP contribution in [0.4, 0.5) is 19.0 Å². The Kier molecular flexibility index (Phi) is 8.32. The molecule has 0 bridgehead atoms. The number of aryl methyl sites for hydroxylation is 2. The average Bonchev–Trinajstić information content (AvgIpc) is 2.73. The van der Waals surface area contributed by atoms with Crippen LogP contribution in [-0.2, 0) is 11.0 Å². The van der Waals surface area contributed by atoms with Crippen LogP contribution in [0.15, 0.2) is 41.3 Å². The molecule has 0 aromatic carbocycles. The smallest absolute Gasteiger partial charge is 0.343 e.